The topological polar surface area (TPSA) is 69.5 Å². The van der Waals surface area contributed by atoms with Crippen molar-refractivity contribution in [2.24, 2.45) is 4.99 Å². The van der Waals surface area contributed by atoms with E-state index in [4.69, 9.17) is 4.98 Å². The molecular formula is C21H27IN4OS2. The fourth-order valence-electron chi connectivity index (χ4n) is 2.68. The molecule has 2 heterocycles. The molecule has 5 nitrogen and oxygen atoms in total. The van der Waals surface area contributed by atoms with Crippen LogP contribution in [0, 0.1) is 0 Å². The molecule has 3 aromatic rings. The molecule has 0 radical (unpaired) electrons. The number of aliphatic hydroxyl groups is 1. The molecule has 2 aromatic heterocycles. The Labute approximate surface area is 197 Å². The summed E-state index contributed by atoms with van der Waals surface area (Å²) in [6.45, 7) is 5.61. The summed E-state index contributed by atoms with van der Waals surface area (Å²) in [6, 6.07) is 12.2. The number of hydrogen-bond acceptors (Lipinski definition) is 5. The standard InChI is InChI=1S/C21H26N4OS2.HI/c1-3-22-20(24-15-21(2,26)17-10-12-27-13-17)23-11-9-18-14-28-19(25-18)16-7-5-4-6-8-16;/h4-8,10,12-14,26H,3,9,11,15H2,1-2H3,(H2,22,23,24);1H. The normalized spacial score (nSPS) is 13.4. The Bertz CT molecular complexity index is 879. The SMILES string of the molecule is CCNC(=NCC(C)(O)c1ccsc1)NCCc1csc(-c2ccccc2)n1.I. The predicted molar refractivity (Wildman–Crippen MR) is 135 cm³/mol. The number of nitrogens with zero attached hydrogens (tertiary/aromatic N) is 2. The van der Waals surface area contributed by atoms with Gasteiger partial charge in [0.1, 0.15) is 10.6 Å². The second kappa shape index (κ2) is 11.6. The average molecular weight is 543 g/mol. The number of halogens is 1. The second-order valence-electron chi connectivity index (χ2n) is 6.67. The number of benzene rings is 1. The van der Waals surface area contributed by atoms with E-state index in [9.17, 15) is 5.11 Å². The quantitative estimate of drug-likeness (QED) is 0.223. The van der Waals surface area contributed by atoms with Crippen molar-refractivity contribution in [3.05, 3.63) is 63.8 Å². The lowest BCUT2D eigenvalue weighted by molar-refractivity contribution is 0.0677. The van der Waals surface area contributed by atoms with E-state index in [0.717, 1.165) is 41.3 Å². The Kier molecular flexibility index (Phi) is 9.54. The smallest absolute Gasteiger partial charge is 0.191 e. The van der Waals surface area contributed by atoms with Crippen LogP contribution in [-0.2, 0) is 12.0 Å². The minimum Gasteiger partial charge on any atom is -0.383 e. The van der Waals surface area contributed by atoms with Crippen molar-refractivity contribution in [3.8, 4) is 10.6 Å². The molecule has 1 aromatic carbocycles. The number of nitrogens with one attached hydrogen (secondary N) is 2. The van der Waals surface area contributed by atoms with Crippen LogP contribution in [0.15, 0.2) is 57.5 Å². The van der Waals surface area contributed by atoms with Crippen LogP contribution >= 0.6 is 46.7 Å². The molecule has 0 aliphatic rings. The first-order chi connectivity index (χ1) is 13.6. The molecule has 1 atom stereocenters. The highest BCUT2D eigenvalue weighted by Crippen LogP contribution is 2.24. The Balaban J connectivity index is 0.00000300. The summed E-state index contributed by atoms with van der Waals surface area (Å²) in [6.07, 6.45) is 0.814. The van der Waals surface area contributed by atoms with Crippen LogP contribution in [0.1, 0.15) is 25.1 Å². The van der Waals surface area contributed by atoms with E-state index >= 15 is 0 Å². The van der Waals surface area contributed by atoms with Gasteiger partial charge in [-0.05, 0) is 36.2 Å². The highest BCUT2D eigenvalue weighted by molar-refractivity contribution is 14.0. The molecule has 0 saturated carbocycles. The second-order valence-corrected chi connectivity index (χ2v) is 8.31. The number of guanidine groups is 1. The maximum absolute atomic E-state index is 10.6. The van der Waals surface area contributed by atoms with Gasteiger partial charge in [0.15, 0.2) is 5.96 Å². The molecule has 0 aliphatic heterocycles. The Morgan fingerprint density at radius 3 is 2.66 bits per heavy atom. The summed E-state index contributed by atoms with van der Waals surface area (Å²) in [7, 11) is 0. The maximum Gasteiger partial charge on any atom is 0.191 e. The number of hydrogen-bond donors (Lipinski definition) is 3. The van der Waals surface area contributed by atoms with Crippen molar-refractivity contribution >= 4 is 52.6 Å². The minimum atomic E-state index is -0.970. The van der Waals surface area contributed by atoms with Gasteiger partial charge < -0.3 is 15.7 Å². The Morgan fingerprint density at radius 1 is 1.17 bits per heavy atom. The monoisotopic (exact) mass is 542 g/mol. The van der Waals surface area contributed by atoms with E-state index < -0.39 is 5.60 Å². The number of thiazole rings is 1. The molecule has 0 aliphatic carbocycles. The zero-order chi connectivity index (χ0) is 19.8. The van der Waals surface area contributed by atoms with E-state index in [2.05, 4.69) is 33.1 Å². The van der Waals surface area contributed by atoms with Gasteiger partial charge in [0.25, 0.3) is 0 Å². The molecule has 1 unspecified atom stereocenters. The Hall–Kier alpha value is -1.49. The minimum absolute atomic E-state index is 0. The largest absolute Gasteiger partial charge is 0.383 e. The van der Waals surface area contributed by atoms with E-state index in [1.807, 2.05) is 41.9 Å². The molecule has 0 saturated heterocycles. The summed E-state index contributed by atoms with van der Waals surface area (Å²) in [5.41, 5.74) is 2.14. The third kappa shape index (κ3) is 7.06. The summed E-state index contributed by atoms with van der Waals surface area (Å²) in [5.74, 6) is 0.705. The van der Waals surface area contributed by atoms with E-state index in [1.165, 1.54) is 0 Å². The third-order valence-corrected chi connectivity index (χ3v) is 5.90. The molecule has 29 heavy (non-hydrogen) atoms. The summed E-state index contributed by atoms with van der Waals surface area (Å²) in [5, 5.41) is 24.3. The van der Waals surface area contributed by atoms with Crippen molar-refractivity contribution in [1.29, 1.82) is 0 Å². The van der Waals surface area contributed by atoms with Gasteiger partial charge in [-0.2, -0.15) is 11.3 Å². The van der Waals surface area contributed by atoms with Crippen LogP contribution in [0.25, 0.3) is 10.6 Å². The number of aromatic nitrogens is 1. The van der Waals surface area contributed by atoms with E-state index in [0.29, 0.717) is 12.5 Å². The molecule has 3 rings (SSSR count). The van der Waals surface area contributed by atoms with Gasteiger partial charge in [-0.1, -0.05) is 30.3 Å². The Morgan fingerprint density at radius 2 is 1.97 bits per heavy atom. The molecule has 0 fully saturated rings. The van der Waals surface area contributed by atoms with Crippen LogP contribution in [0.4, 0.5) is 0 Å². The van der Waals surface area contributed by atoms with Gasteiger partial charge >= 0.3 is 0 Å². The van der Waals surface area contributed by atoms with Gasteiger partial charge in [0, 0.05) is 30.5 Å². The molecule has 0 amide bonds. The first kappa shape index (κ1) is 23.8. The average Bonchev–Trinajstić information content (AvgIpc) is 3.39. The summed E-state index contributed by atoms with van der Waals surface area (Å²) >= 11 is 3.24. The lowest BCUT2D eigenvalue weighted by atomic mass is 10.00. The molecule has 156 valence electrons. The number of thiophene rings is 1. The third-order valence-electron chi connectivity index (χ3n) is 4.28. The van der Waals surface area contributed by atoms with Crippen molar-refractivity contribution in [2.45, 2.75) is 25.9 Å². The van der Waals surface area contributed by atoms with Crippen LogP contribution in [0.2, 0.25) is 0 Å². The van der Waals surface area contributed by atoms with Gasteiger partial charge in [0.05, 0.1) is 12.2 Å². The van der Waals surface area contributed by atoms with Gasteiger partial charge in [-0.3, -0.25) is 0 Å². The highest BCUT2D eigenvalue weighted by atomic mass is 127. The van der Waals surface area contributed by atoms with E-state index in [1.54, 1.807) is 29.6 Å². The van der Waals surface area contributed by atoms with Crippen LogP contribution < -0.4 is 10.6 Å². The highest BCUT2D eigenvalue weighted by Gasteiger charge is 2.23. The molecule has 8 heteroatoms. The van der Waals surface area contributed by atoms with Crippen LogP contribution in [0.5, 0.6) is 0 Å². The van der Waals surface area contributed by atoms with Gasteiger partial charge in [-0.25, -0.2) is 9.98 Å². The molecular weight excluding hydrogens is 515 g/mol. The van der Waals surface area contributed by atoms with E-state index in [-0.39, 0.29) is 24.0 Å². The fourth-order valence-corrected chi connectivity index (χ4v) is 4.32. The zero-order valence-electron chi connectivity index (χ0n) is 16.6. The van der Waals surface area contributed by atoms with Crippen LogP contribution in [-0.4, -0.2) is 35.7 Å². The van der Waals surface area contributed by atoms with Crippen molar-refractivity contribution in [2.75, 3.05) is 19.6 Å². The number of aliphatic imine (C=N–C) groups is 1. The van der Waals surface area contributed by atoms with Crippen molar-refractivity contribution < 1.29 is 5.11 Å². The zero-order valence-corrected chi connectivity index (χ0v) is 20.6. The van der Waals surface area contributed by atoms with Gasteiger partial charge in [0.2, 0.25) is 0 Å². The van der Waals surface area contributed by atoms with Crippen molar-refractivity contribution in [3.63, 3.8) is 0 Å². The first-order valence-electron chi connectivity index (χ1n) is 9.35. The maximum atomic E-state index is 10.6. The lowest BCUT2D eigenvalue weighted by Crippen LogP contribution is -2.39. The number of rotatable bonds is 8. The van der Waals surface area contributed by atoms with Gasteiger partial charge in [-0.15, -0.1) is 35.3 Å². The molecule has 0 spiro atoms. The first-order valence-corrected chi connectivity index (χ1v) is 11.2. The lowest BCUT2D eigenvalue weighted by Gasteiger charge is -2.21. The predicted octanol–water partition coefficient (Wildman–Crippen LogP) is 4.49. The fraction of sp³-hybridized carbons (Fsp3) is 0.333. The molecule has 3 N–H and O–H groups in total. The molecule has 0 bridgehead atoms. The van der Waals surface area contributed by atoms with Crippen molar-refractivity contribution in [1.82, 2.24) is 15.6 Å². The summed E-state index contributed by atoms with van der Waals surface area (Å²) < 4.78 is 0. The summed E-state index contributed by atoms with van der Waals surface area (Å²) in [4.78, 5) is 9.28. The van der Waals surface area contributed by atoms with Crippen LogP contribution in [0.3, 0.4) is 0 Å².